The molecule has 4 heteroatoms. The molecule has 3 heterocycles. The van der Waals surface area contributed by atoms with E-state index in [2.05, 4.69) is 0 Å². The fourth-order valence-corrected chi connectivity index (χ4v) is 2.56. The van der Waals surface area contributed by atoms with Crippen molar-refractivity contribution in [1.82, 2.24) is 0 Å². The molecule has 0 saturated carbocycles. The SMILES string of the molecule is c1ccc(C2OCC3OC[C@@H]4O[C@@H]4[C@@H]3O2)cc1. The summed E-state index contributed by atoms with van der Waals surface area (Å²) in [5, 5.41) is 0. The molecule has 1 aromatic carbocycles. The van der Waals surface area contributed by atoms with Gasteiger partial charge in [-0.05, 0) is 0 Å². The van der Waals surface area contributed by atoms with Gasteiger partial charge >= 0.3 is 0 Å². The van der Waals surface area contributed by atoms with Crippen molar-refractivity contribution in [2.45, 2.75) is 30.7 Å². The lowest BCUT2D eigenvalue weighted by Gasteiger charge is -2.37. The van der Waals surface area contributed by atoms with Crippen molar-refractivity contribution in [3.63, 3.8) is 0 Å². The zero-order valence-corrected chi connectivity index (χ0v) is 9.32. The molecule has 2 unspecified atom stereocenters. The fraction of sp³-hybridized carbons (Fsp3) is 0.538. The molecular weight excluding hydrogens is 220 g/mol. The predicted molar refractivity (Wildman–Crippen MR) is 58.4 cm³/mol. The van der Waals surface area contributed by atoms with Crippen LogP contribution in [0, 0.1) is 0 Å². The molecule has 1 aromatic rings. The van der Waals surface area contributed by atoms with Crippen LogP contribution in [0.4, 0.5) is 0 Å². The molecule has 3 fully saturated rings. The van der Waals surface area contributed by atoms with Crippen LogP contribution in [0.3, 0.4) is 0 Å². The number of fused-ring (bicyclic) bond motifs is 3. The van der Waals surface area contributed by atoms with Crippen molar-refractivity contribution >= 4 is 0 Å². The van der Waals surface area contributed by atoms with Gasteiger partial charge in [-0.1, -0.05) is 30.3 Å². The Kier molecular flexibility index (Phi) is 2.23. The van der Waals surface area contributed by atoms with Crippen molar-refractivity contribution in [3.8, 4) is 0 Å². The third-order valence-electron chi connectivity index (χ3n) is 3.55. The maximum atomic E-state index is 5.96. The van der Waals surface area contributed by atoms with Crippen molar-refractivity contribution in [2.24, 2.45) is 0 Å². The van der Waals surface area contributed by atoms with E-state index in [1.165, 1.54) is 0 Å². The number of hydrogen-bond acceptors (Lipinski definition) is 4. The molecule has 0 radical (unpaired) electrons. The zero-order chi connectivity index (χ0) is 11.2. The normalized spacial score (nSPS) is 43.6. The molecule has 90 valence electrons. The largest absolute Gasteiger partial charge is 0.370 e. The summed E-state index contributed by atoms with van der Waals surface area (Å²) < 4.78 is 22.8. The molecule has 3 aliphatic heterocycles. The Morgan fingerprint density at radius 2 is 1.59 bits per heavy atom. The lowest BCUT2D eigenvalue weighted by molar-refractivity contribution is -0.273. The van der Waals surface area contributed by atoms with E-state index < -0.39 is 0 Å². The van der Waals surface area contributed by atoms with E-state index in [9.17, 15) is 0 Å². The van der Waals surface area contributed by atoms with Gasteiger partial charge in [0, 0.05) is 5.56 Å². The second-order valence-corrected chi connectivity index (χ2v) is 4.69. The number of benzene rings is 1. The standard InChI is InChI=1S/C13H14O4/c1-2-4-8(5-3-1)13-15-6-9-11(17-13)12-10(16-12)7-14-9/h1-5,9-13H,6-7H2/t9?,10-,11+,12-,13?/m0/s1. The number of epoxide rings is 1. The third kappa shape index (κ3) is 1.68. The van der Waals surface area contributed by atoms with Gasteiger partial charge in [0.05, 0.1) is 13.2 Å². The first-order valence-electron chi connectivity index (χ1n) is 6.01. The second kappa shape index (κ2) is 3.78. The van der Waals surface area contributed by atoms with E-state index in [4.69, 9.17) is 18.9 Å². The molecule has 0 bridgehead atoms. The number of ether oxygens (including phenoxy) is 4. The second-order valence-electron chi connectivity index (χ2n) is 4.69. The average Bonchev–Trinajstić information content (AvgIpc) is 3.19. The number of rotatable bonds is 1. The molecule has 0 N–H and O–H groups in total. The average molecular weight is 234 g/mol. The molecule has 0 amide bonds. The van der Waals surface area contributed by atoms with E-state index in [-0.39, 0.29) is 30.7 Å². The summed E-state index contributed by atoms with van der Waals surface area (Å²) >= 11 is 0. The van der Waals surface area contributed by atoms with Crippen molar-refractivity contribution in [3.05, 3.63) is 35.9 Å². The van der Waals surface area contributed by atoms with Gasteiger partial charge in [-0.25, -0.2) is 0 Å². The minimum absolute atomic E-state index is 0.0210. The molecule has 4 rings (SSSR count). The van der Waals surface area contributed by atoms with Crippen LogP contribution in [0.5, 0.6) is 0 Å². The Balaban J connectivity index is 1.53. The summed E-state index contributed by atoms with van der Waals surface area (Å²) in [7, 11) is 0. The third-order valence-corrected chi connectivity index (χ3v) is 3.55. The Morgan fingerprint density at radius 3 is 2.47 bits per heavy atom. The van der Waals surface area contributed by atoms with Crippen LogP contribution >= 0.6 is 0 Å². The van der Waals surface area contributed by atoms with Gasteiger partial charge in [-0.15, -0.1) is 0 Å². The van der Waals surface area contributed by atoms with Gasteiger partial charge in [0.25, 0.3) is 0 Å². The molecular formula is C13H14O4. The van der Waals surface area contributed by atoms with E-state index in [0.717, 1.165) is 5.56 Å². The van der Waals surface area contributed by atoms with Crippen molar-refractivity contribution in [2.75, 3.05) is 13.2 Å². The Morgan fingerprint density at radius 1 is 0.824 bits per heavy atom. The summed E-state index contributed by atoms with van der Waals surface area (Å²) in [5.41, 5.74) is 1.05. The van der Waals surface area contributed by atoms with Crippen LogP contribution in [0.25, 0.3) is 0 Å². The highest BCUT2D eigenvalue weighted by atomic mass is 16.7. The van der Waals surface area contributed by atoms with Crippen LogP contribution < -0.4 is 0 Å². The lowest BCUT2D eigenvalue weighted by Crippen LogP contribution is -2.49. The minimum Gasteiger partial charge on any atom is -0.370 e. The summed E-state index contributed by atoms with van der Waals surface area (Å²) in [6.07, 6.45) is 0.213. The quantitative estimate of drug-likeness (QED) is 0.686. The van der Waals surface area contributed by atoms with Crippen LogP contribution in [-0.4, -0.2) is 37.6 Å². The monoisotopic (exact) mass is 234 g/mol. The molecule has 17 heavy (non-hydrogen) atoms. The Labute approximate surface area is 99.4 Å². The molecule has 0 aromatic heterocycles. The first kappa shape index (κ1) is 10.0. The van der Waals surface area contributed by atoms with Crippen molar-refractivity contribution in [1.29, 1.82) is 0 Å². The Hall–Kier alpha value is -0.940. The van der Waals surface area contributed by atoms with Gasteiger partial charge in [0.1, 0.15) is 24.4 Å². The zero-order valence-electron chi connectivity index (χ0n) is 9.32. The topological polar surface area (TPSA) is 40.2 Å². The summed E-state index contributed by atoms with van der Waals surface area (Å²) in [6.45, 7) is 1.26. The molecule has 0 spiro atoms. The van der Waals surface area contributed by atoms with Crippen LogP contribution in [0.1, 0.15) is 11.9 Å². The summed E-state index contributed by atoms with van der Waals surface area (Å²) in [6, 6.07) is 9.99. The van der Waals surface area contributed by atoms with E-state index in [0.29, 0.717) is 13.2 Å². The van der Waals surface area contributed by atoms with Gasteiger partial charge in [-0.3, -0.25) is 0 Å². The first-order valence-corrected chi connectivity index (χ1v) is 6.01. The summed E-state index contributed by atoms with van der Waals surface area (Å²) in [4.78, 5) is 0. The maximum Gasteiger partial charge on any atom is 0.184 e. The van der Waals surface area contributed by atoms with Crippen molar-refractivity contribution < 1.29 is 18.9 Å². The minimum atomic E-state index is -0.288. The fourth-order valence-electron chi connectivity index (χ4n) is 2.56. The summed E-state index contributed by atoms with van der Waals surface area (Å²) in [5.74, 6) is 0. The molecule has 3 aliphatic rings. The van der Waals surface area contributed by atoms with E-state index in [1.54, 1.807) is 0 Å². The first-order chi connectivity index (χ1) is 8.42. The Bertz CT molecular complexity index is 407. The predicted octanol–water partition coefficient (Wildman–Crippen LogP) is 1.27. The van der Waals surface area contributed by atoms with Gasteiger partial charge in [0.2, 0.25) is 0 Å². The van der Waals surface area contributed by atoms with E-state index >= 15 is 0 Å². The van der Waals surface area contributed by atoms with Gasteiger partial charge in [0.15, 0.2) is 6.29 Å². The molecule has 3 saturated heterocycles. The van der Waals surface area contributed by atoms with Gasteiger partial charge in [-0.2, -0.15) is 0 Å². The van der Waals surface area contributed by atoms with Gasteiger partial charge < -0.3 is 18.9 Å². The number of hydrogen-bond donors (Lipinski definition) is 0. The van der Waals surface area contributed by atoms with Crippen LogP contribution in [0.2, 0.25) is 0 Å². The molecule has 0 aliphatic carbocycles. The van der Waals surface area contributed by atoms with Crippen LogP contribution in [0.15, 0.2) is 30.3 Å². The lowest BCUT2D eigenvalue weighted by atomic mass is 10.0. The molecule has 4 nitrogen and oxygen atoms in total. The molecule has 5 atom stereocenters. The smallest absolute Gasteiger partial charge is 0.184 e. The van der Waals surface area contributed by atoms with Crippen LogP contribution in [-0.2, 0) is 18.9 Å². The highest BCUT2D eigenvalue weighted by Gasteiger charge is 2.55. The maximum absolute atomic E-state index is 5.96. The highest BCUT2D eigenvalue weighted by Crippen LogP contribution is 2.40. The highest BCUT2D eigenvalue weighted by molar-refractivity contribution is 5.17. The van der Waals surface area contributed by atoms with E-state index in [1.807, 2.05) is 30.3 Å².